The zero-order valence-electron chi connectivity index (χ0n) is 10.2. The fraction of sp³-hybridized carbons (Fsp3) is 0.500. The molecule has 0 aromatic rings. The molecule has 0 N–H and O–H groups in total. The van der Waals surface area contributed by atoms with E-state index in [0.29, 0.717) is 12.8 Å². The van der Waals surface area contributed by atoms with Gasteiger partial charge in [-0.15, -0.1) is 0 Å². The van der Waals surface area contributed by atoms with Gasteiger partial charge in [0.2, 0.25) is 12.6 Å². The van der Waals surface area contributed by atoms with Crippen LogP contribution in [0.25, 0.3) is 0 Å². The lowest BCUT2D eigenvalue weighted by Gasteiger charge is -2.22. The Hall–Kier alpha value is -1.62. The Kier molecular flexibility index (Phi) is 7.71. The van der Waals surface area contributed by atoms with Crippen molar-refractivity contribution in [3.05, 3.63) is 25.3 Å². The van der Waals surface area contributed by atoms with Gasteiger partial charge in [-0.2, -0.15) is 0 Å². The van der Waals surface area contributed by atoms with Crippen LogP contribution >= 0.6 is 0 Å². The van der Waals surface area contributed by atoms with Gasteiger partial charge in [0.25, 0.3) is 0 Å². The van der Waals surface area contributed by atoms with Crippen LogP contribution in [0.1, 0.15) is 26.7 Å². The van der Waals surface area contributed by atoms with E-state index in [4.69, 9.17) is 14.2 Å². The van der Waals surface area contributed by atoms with E-state index in [1.165, 1.54) is 0 Å². The molecule has 0 unspecified atom stereocenters. The molecule has 0 bridgehead atoms. The van der Waals surface area contributed by atoms with Crippen LogP contribution in [-0.2, 0) is 23.8 Å². The molecule has 0 fully saturated rings. The van der Waals surface area contributed by atoms with Crippen LogP contribution in [0.3, 0.4) is 0 Å². The van der Waals surface area contributed by atoms with E-state index in [-0.39, 0.29) is 0 Å². The van der Waals surface area contributed by atoms with E-state index < -0.39 is 24.5 Å². The predicted octanol–water partition coefficient (Wildman–Crippen LogP) is 1.93. The van der Waals surface area contributed by atoms with Crippen molar-refractivity contribution in [2.45, 2.75) is 39.3 Å². The molecule has 0 spiro atoms. The van der Waals surface area contributed by atoms with Crippen LogP contribution in [0, 0.1) is 0 Å². The average Bonchev–Trinajstić information content (AvgIpc) is 2.36. The van der Waals surface area contributed by atoms with E-state index in [2.05, 4.69) is 13.2 Å². The van der Waals surface area contributed by atoms with Gasteiger partial charge in [0.05, 0.1) is 0 Å². The topological polar surface area (TPSA) is 61.8 Å². The van der Waals surface area contributed by atoms with Crippen LogP contribution in [-0.4, -0.2) is 24.5 Å². The molecule has 5 nitrogen and oxygen atoms in total. The Morgan fingerprint density at radius 1 is 1.00 bits per heavy atom. The Balaban J connectivity index is 4.30. The maximum Gasteiger partial charge on any atom is 0.332 e. The van der Waals surface area contributed by atoms with Crippen LogP contribution in [0.15, 0.2) is 25.3 Å². The van der Waals surface area contributed by atoms with Crippen molar-refractivity contribution >= 4 is 11.9 Å². The maximum atomic E-state index is 11.0. The third kappa shape index (κ3) is 6.52. The molecular weight excluding hydrogens is 224 g/mol. The van der Waals surface area contributed by atoms with Crippen molar-refractivity contribution in [2.75, 3.05) is 0 Å². The number of carbonyl (C=O) groups excluding carboxylic acids is 2. The summed E-state index contributed by atoms with van der Waals surface area (Å²) >= 11 is 0. The van der Waals surface area contributed by atoms with Gasteiger partial charge in [0, 0.05) is 25.0 Å². The molecule has 0 radical (unpaired) electrons. The SMILES string of the molecule is C=CC(=O)O[C@H](CC)O[C@@H](CC)OC(=O)C=C. The number of hydrogen-bond donors (Lipinski definition) is 0. The molecule has 0 amide bonds. The van der Waals surface area contributed by atoms with Crippen molar-refractivity contribution in [3.8, 4) is 0 Å². The minimum Gasteiger partial charge on any atom is -0.432 e. The van der Waals surface area contributed by atoms with Gasteiger partial charge in [0.1, 0.15) is 0 Å². The highest BCUT2D eigenvalue weighted by molar-refractivity contribution is 5.81. The largest absolute Gasteiger partial charge is 0.432 e. The second-order valence-corrected chi connectivity index (χ2v) is 3.09. The molecule has 0 saturated heterocycles. The summed E-state index contributed by atoms with van der Waals surface area (Å²) in [7, 11) is 0. The van der Waals surface area contributed by atoms with Crippen molar-refractivity contribution in [3.63, 3.8) is 0 Å². The summed E-state index contributed by atoms with van der Waals surface area (Å²) in [6.07, 6.45) is 1.46. The van der Waals surface area contributed by atoms with Gasteiger partial charge in [-0.3, -0.25) is 0 Å². The number of esters is 2. The monoisotopic (exact) mass is 242 g/mol. The molecule has 0 aliphatic rings. The lowest BCUT2D eigenvalue weighted by molar-refractivity contribution is -0.234. The highest BCUT2D eigenvalue weighted by Gasteiger charge is 2.19. The minimum absolute atomic E-state index is 0.446. The highest BCUT2D eigenvalue weighted by atomic mass is 16.8. The number of ether oxygens (including phenoxy) is 3. The molecule has 0 heterocycles. The Labute approximate surface area is 101 Å². The van der Waals surface area contributed by atoms with Crippen molar-refractivity contribution < 1.29 is 23.8 Å². The second kappa shape index (κ2) is 8.52. The van der Waals surface area contributed by atoms with Crippen molar-refractivity contribution in [2.24, 2.45) is 0 Å². The molecule has 5 heteroatoms. The Morgan fingerprint density at radius 3 is 1.59 bits per heavy atom. The molecule has 0 aromatic carbocycles. The van der Waals surface area contributed by atoms with Crippen LogP contribution in [0.5, 0.6) is 0 Å². The van der Waals surface area contributed by atoms with Crippen molar-refractivity contribution in [1.29, 1.82) is 0 Å². The maximum absolute atomic E-state index is 11.0. The van der Waals surface area contributed by atoms with E-state index in [1.807, 2.05) is 0 Å². The standard InChI is InChI=1S/C12H18O5/c1-5-9(13)15-11(7-3)17-12(8-4)16-10(14)6-2/h5-6,11-12H,1-2,7-8H2,3-4H3/t11-,12-/m0/s1. The van der Waals surface area contributed by atoms with Gasteiger partial charge in [-0.05, 0) is 0 Å². The summed E-state index contributed by atoms with van der Waals surface area (Å²) in [6, 6.07) is 0. The molecule has 0 aliphatic carbocycles. The third-order valence-corrected chi connectivity index (χ3v) is 1.80. The number of hydrogen-bond acceptors (Lipinski definition) is 5. The Morgan fingerprint density at radius 2 is 1.35 bits per heavy atom. The third-order valence-electron chi connectivity index (χ3n) is 1.80. The molecule has 96 valence electrons. The molecule has 2 atom stereocenters. The molecule has 0 saturated carbocycles. The zero-order valence-corrected chi connectivity index (χ0v) is 10.2. The smallest absolute Gasteiger partial charge is 0.332 e. The van der Waals surface area contributed by atoms with Gasteiger partial charge in [-0.25, -0.2) is 9.59 Å². The first-order valence-electron chi connectivity index (χ1n) is 5.38. The lowest BCUT2D eigenvalue weighted by Crippen LogP contribution is -2.28. The summed E-state index contributed by atoms with van der Waals surface area (Å²) in [6.45, 7) is 10.1. The van der Waals surface area contributed by atoms with Gasteiger partial charge >= 0.3 is 11.9 Å². The Bertz CT molecular complexity index is 257. The number of carbonyl (C=O) groups is 2. The van der Waals surface area contributed by atoms with E-state index in [0.717, 1.165) is 12.2 Å². The quantitative estimate of drug-likeness (QED) is 0.370. The van der Waals surface area contributed by atoms with Crippen LogP contribution < -0.4 is 0 Å². The fourth-order valence-corrected chi connectivity index (χ4v) is 0.939. The normalized spacial score (nSPS) is 13.3. The summed E-state index contributed by atoms with van der Waals surface area (Å²) in [5.74, 6) is -1.16. The fourth-order valence-electron chi connectivity index (χ4n) is 0.939. The van der Waals surface area contributed by atoms with Gasteiger partial charge < -0.3 is 14.2 Å². The van der Waals surface area contributed by atoms with Crippen molar-refractivity contribution in [1.82, 2.24) is 0 Å². The molecule has 0 aromatic heterocycles. The first-order chi connectivity index (χ1) is 8.07. The van der Waals surface area contributed by atoms with Crippen LogP contribution in [0.2, 0.25) is 0 Å². The zero-order chi connectivity index (χ0) is 13.3. The summed E-state index contributed by atoms with van der Waals surface area (Å²) in [5, 5.41) is 0. The first-order valence-corrected chi connectivity index (χ1v) is 5.38. The number of rotatable bonds is 8. The second-order valence-electron chi connectivity index (χ2n) is 3.09. The molecule has 17 heavy (non-hydrogen) atoms. The lowest BCUT2D eigenvalue weighted by atomic mass is 10.4. The first kappa shape index (κ1) is 15.4. The molecular formula is C12H18O5. The average molecular weight is 242 g/mol. The molecule has 0 rings (SSSR count). The summed E-state index contributed by atoms with van der Waals surface area (Å²) in [5.41, 5.74) is 0. The van der Waals surface area contributed by atoms with Gasteiger partial charge in [-0.1, -0.05) is 27.0 Å². The van der Waals surface area contributed by atoms with E-state index >= 15 is 0 Å². The molecule has 0 aliphatic heterocycles. The van der Waals surface area contributed by atoms with Gasteiger partial charge in [0.15, 0.2) is 0 Å². The summed E-state index contributed by atoms with van der Waals surface area (Å²) < 4.78 is 15.1. The predicted molar refractivity (Wildman–Crippen MR) is 61.8 cm³/mol. The highest BCUT2D eigenvalue weighted by Crippen LogP contribution is 2.10. The van der Waals surface area contributed by atoms with E-state index in [1.54, 1.807) is 13.8 Å². The summed E-state index contributed by atoms with van der Waals surface area (Å²) in [4.78, 5) is 22.0. The van der Waals surface area contributed by atoms with Crippen LogP contribution in [0.4, 0.5) is 0 Å². The van der Waals surface area contributed by atoms with E-state index in [9.17, 15) is 9.59 Å². The minimum atomic E-state index is -0.761.